The van der Waals surface area contributed by atoms with E-state index in [0.717, 1.165) is 27.8 Å². The van der Waals surface area contributed by atoms with Crippen LogP contribution in [0.1, 0.15) is 40.4 Å². The Labute approximate surface area is 222 Å². The molecule has 3 aromatic rings. The number of carbonyl (C=O) groups is 2. The fourth-order valence-electron chi connectivity index (χ4n) is 4.33. The van der Waals surface area contributed by atoms with Crippen LogP contribution in [0.5, 0.6) is 5.75 Å². The van der Waals surface area contributed by atoms with Crippen molar-refractivity contribution in [2.75, 3.05) is 6.54 Å². The first-order chi connectivity index (χ1) is 16.6. The molecule has 0 saturated carbocycles. The van der Waals surface area contributed by atoms with Crippen molar-refractivity contribution in [3.8, 4) is 5.75 Å². The first kappa shape index (κ1) is 25.5. The Morgan fingerprint density at radius 3 is 2.57 bits per heavy atom. The molecule has 1 atom stereocenters. The maximum absolute atomic E-state index is 13.5. The summed E-state index contributed by atoms with van der Waals surface area (Å²) in [6, 6.07) is 18.7. The van der Waals surface area contributed by atoms with Crippen molar-refractivity contribution in [2.24, 2.45) is 0 Å². The van der Waals surface area contributed by atoms with E-state index in [9.17, 15) is 14.7 Å². The van der Waals surface area contributed by atoms with Gasteiger partial charge in [-0.1, -0.05) is 63.4 Å². The van der Waals surface area contributed by atoms with Crippen LogP contribution >= 0.6 is 39.1 Å². The number of carboxylic acids is 1. The molecule has 1 heterocycles. The van der Waals surface area contributed by atoms with Crippen LogP contribution in [-0.4, -0.2) is 34.0 Å². The zero-order valence-electron chi connectivity index (χ0n) is 19.1. The lowest BCUT2D eigenvalue weighted by Gasteiger charge is -2.24. The number of ether oxygens (including phenoxy) is 1. The van der Waals surface area contributed by atoms with Gasteiger partial charge in [-0.25, -0.2) is 0 Å². The fraction of sp³-hybridized carbons (Fsp3) is 0.259. The van der Waals surface area contributed by atoms with Crippen LogP contribution in [-0.2, 0) is 24.2 Å². The minimum atomic E-state index is -0.981. The highest BCUT2D eigenvalue weighted by Crippen LogP contribution is 2.38. The zero-order valence-corrected chi connectivity index (χ0v) is 22.2. The third-order valence-corrected chi connectivity index (χ3v) is 7.38. The number of amides is 1. The second-order valence-electron chi connectivity index (χ2n) is 8.94. The summed E-state index contributed by atoms with van der Waals surface area (Å²) in [5, 5.41) is 9.93. The molecule has 4 rings (SSSR count). The minimum Gasteiger partial charge on any atom is -0.487 e. The Hall–Kier alpha value is -2.54. The van der Waals surface area contributed by atoms with Crippen molar-refractivity contribution in [1.82, 2.24) is 4.90 Å². The molecule has 3 aromatic carbocycles. The molecule has 0 aromatic heterocycles. The van der Waals surface area contributed by atoms with E-state index in [4.69, 9.17) is 27.9 Å². The average Bonchev–Trinajstić information content (AvgIpc) is 3.15. The molecule has 1 amide bonds. The lowest BCUT2D eigenvalue weighted by Crippen LogP contribution is -2.33. The number of carboxylic acid groups (broad SMARTS) is 1. The molecular formula is C27H24BrCl2NO4. The van der Waals surface area contributed by atoms with Crippen molar-refractivity contribution in [3.63, 3.8) is 0 Å². The number of hydrogen-bond donors (Lipinski definition) is 1. The molecule has 0 aliphatic carbocycles. The van der Waals surface area contributed by atoms with E-state index in [1.54, 1.807) is 24.3 Å². The normalized spacial score (nSPS) is 16.5. The predicted molar refractivity (Wildman–Crippen MR) is 140 cm³/mol. The molecule has 0 fully saturated rings. The highest BCUT2D eigenvalue weighted by Gasteiger charge is 2.35. The van der Waals surface area contributed by atoms with Gasteiger partial charge >= 0.3 is 5.97 Å². The molecule has 0 bridgehead atoms. The van der Waals surface area contributed by atoms with Crippen LogP contribution in [0.3, 0.4) is 0 Å². The monoisotopic (exact) mass is 575 g/mol. The first-order valence-corrected chi connectivity index (χ1v) is 12.7. The summed E-state index contributed by atoms with van der Waals surface area (Å²) in [6.07, 6.45) is 1.22. The second kappa shape index (κ2) is 10.6. The summed E-state index contributed by atoms with van der Waals surface area (Å²) < 4.78 is 7.31. The molecule has 1 N–H and O–H groups in total. The van der Waals surface area contributed by atoms with Crippen LogP contribution in [0.15, 0.2) is 65.1 Å². The minimum absolute atomic E-state index is 0.0475. The van der Waals surface area contributed by atoms with E-state index in [1.807, 2.05) is 24.3 Å². The van der Waals surface area contributed by atoms with E-state index >= 15 is 0 Å². The van der Waals surface area contributed by atoms with Crippen LogP contribution < -0.4 is 4.74 Å². The third-order valence-electron chi connectivity index (χ3n) is 6.00. The lowest BCUT2D eigenvalue weighted by atomic mass is 9.91. The summed E-state index contributed by atoms with van der Waals surface area (Å²) >= 11 is 15.9. The van der Waals surface area contributed by atoms with Crippen molar-refractivity contribution >= 4 is 51.0 Å². The summed E-state index contributed by atoms with van der Waals surface area (Å²) in [4.78, 5) is 26.2. The standard InChI is InChI=1S/C27H24BrCl2NO4/c1-27(14-17-5-8-21(28)9-6-17)15-20-13-18(7-10-23(20)35-27)26(34)31(12-11-24(32)33)16-19-3-2-4-22(29)25(19)30/h2-10,13H,11-12,14-16H2,1H3,(H,32,33)/t27-/m0/s1. The number of hydrogen-bond acceptors (Lipinski definition) is 3. The molecule has 5 nitrogen and oxygen atoms in total. The molecule has 1 aliphatic heterocycles. The third kappa shape index (κ3) is 6.18. The van der Waals surface area contributed by atoms with Gasteiger partial charge in [0.2, 0.25) is 0 Å². The van der Waals surface area contributed by atoms with E-state index < -0.39 is 11.6 Å². The Balaban J connectivity index is 1.54. The van der Waals surface area contributed by atoms with Gasteiger partial charge in [-0.2, -0.15) is 0 Å². The molecule has 0 unspecified atom stereocenters. The number of carbonyl (C=O) groups excluding carboxylic acids is 1. The van der Waals surface area contributed by atoms with Crippen LogP contribution in [0.2, 0.25) is 10.0 Å². The van der Waals surface area contributed by atoms with Crippen molar-refractivity contribution in [3.05, 3.63) is 97.4 Å². The van der Waals surface area contributed by atoms with Gasteiger partial charge in [-0.05, 0) is 60.0 Å². The van der Waals surface area contributed by atoms with Gasteiger partial charge in [-0.15, -0.1) is 0 Å². The number of halogens is 3. The predicted octanol–water partition coefficient (Wildman–Crippen LogP) is 6.81. The van der Waals surface area contributed by atoms with E-state index in [1.165, 1.54) is 4.90 Å². The number of aliphatic carboxylic acids is 1. The molecule has 0 radical (unpaired) electrons. The molecule has 0 spiro atoms. The number of rotatable bonds is 8. The molecule has 182 valence electrons. The topological polar surface area (TPSA) is 66.8 Å². The van der Waals surface area contributed by atoms with Crippen molar-refractivity contribution < 1.29 is 19.4 Å². The van der Waals surface area contributed by atoms with E-state index in [-0.39, 0.29) is 25.4 Å². The van der Waals surface area contributed by atoms with E-state index in [0.29, 0.717) is 27.6 Å². The first-order valence-electron chi connectivity index (χ1n) is 11.1. The highest BCUT2D eigenvalue weighted by atomic mass is 79.9. The molecular weight excluding hydrogens is 553 g/mol. The number of nitrogens with zero attached hydrogens (tertiary/aromatic N) is 1. The van der Waals surface area contributed by atoms with Gasteiger partial charge in [0.1, 0.15) is 11.4 Å². The van der Waals surface area contributed by atoms with Crippen LogP contribution in [0.4, 0.5) is 0 Å². The maximum Gasteiger partial charge on any atom is 0.305 e. The second-order valence-corrected chi connectivity index (χ2v) is 10.6. The van der Waals surface area contributed by atoms with Crippen LogP contribution in [0.25, 0.3) is 0 Å². The summed E-state index contributed by atoms with van der Waals surface area (Å²) in [5.41, 5.74) is 2.83. The SMILES string of the molecule is C[C@]1(Cc2ccc(Br)cc2)Cc2cc(C(=O)N(CCC(=O)O)Cc3cccc(Cl)c3Cl)ccc2O1. The maximum atomic E-state index is 13.5. The van der Waals surface area contributed by atoms with Gasteiger partial charge in [0, 0.05) is 36.0 Å². The van der Waals surface area contributed by atoms with Gasteiger partial charge in [0.05, 0.1) is 16.5 Å². The summed E-state index contributed by atoms with van der Waals surface area (Å²) in [6.45, 7) is 2.27. The molecule has 35 heavy (non-hydrogen) atoms. The smallest absolute Gasteiger partial charge is 0.305 e. The lowest BCUT2D eigenvalue weighted by molar-refractivity contribution is -0.137. The highest BCUT2D eigenvalue weighted by molar-refractivity contribution is 9.10. The number of benzene rings is 3. The van der Waals surface area contributed by atoms with Crippen molar-refractivity contribution in [1.29, 1.82) is 0 Å². The average molecular weight is 577 g/mol. The zero-order chi connectivity index (χ0) is 25.2. The molecule has 8 heteroatoms. The quantitative estimate of drug-likeness (QED) is 0.320. The van der Waals surface area contributed by atoms with Gasteiger partial charge in [-0.3, -0.25) is 9.59 Å². The molecule has 1 aliphatic rings. The van der Waals surface area contributed by atoms with Gasteiger partial charge in [0.25, 0.3) is 5.91 Å². The van der Waals surface area contributed by atoms with E-state index in [2.05, 4.69) is 35.0 Å². The Kier molecular flexibility index (Phi) is 7.74. The summed E-state index contributed by atoms with van der Waals surface area (Å²) in [5.74, 6) is -0.492. The fourth-order valence-corrected chi connectivity index (χ4v) is 4.97. The number of fused-ring (bicyclic) bond motifs is 1. The van der Waals surface area contributed by atoms with Gasteiger partial charge in [0.15, 0.2) is 0 Å². The Bertz CT molecular complexity index is 1260. The largest absolute Gasteiger partial charge is 0.487 e. The van der Waals surface area contributed by atoms with Gasteiger partial charge < -0.3 is 14.7 Å². The summed E-state index contributed by atoms with van der Waals surface area (Å²) in [7, 11) is 0. The Morgan fingerprint density at radius 2 is 1.86 bits per heavy atom. The molecule has 0 saturated heterocycles. The Morgan fingerprint density at radius 1 is 1.11 bits per heavy atom. The van der Waals surface area contributed by atoms with Crippen molar-refractivity contribution in [2.45, 2.75) is 38.3 Å². The van der Waals surface area contributed by atoms with Crippen LogP contribution in [0, 0.1) is 0 Å².